The lowest BCUT2D eigenvalue weighted by Crippen LogP contribution is -2.03. The number of anilines is 1. The molecule has 0 fully saturated rings. The van der Waals surface area contributed by atoms with Gasteiger partial charge in [0.2, 0.25) is 0 Å². The molecule has 0 saturated carbocycles. The van der Waals surface area contributed by atoms with Gasteiger partial charge in [-0.25, -0.2) is 14.4 Å². The van der Waals surface area contributed by atoms with Crippen molar-refractivity contribution in [1.29, 1.82) is 0 Å². The summed E-state index contributed by atoms with van der Waals surface area (Å²) in [5.74, 6) is -0.370. The third kappa shape index (κ3) is 2.20. The number of hydrogen-bond donors (Lipinski definition) is 1. The molecule has 1 heterocycles. The van der Waals surface area contributed by atoms with Crippen LogP contribution in [0.5, 0.6) is 0 Å². The third-order valence-electron chi connectivity index (χ3n) is 2.62. The summed E-state index contributed by atoms with van der Waals surface area (Å²) in [6.07, 6.45) is 0. The van der Waals surface area contributed by atoms with E-state index in [1.165, 1.54) is 0 Å². The van der Waals surface area contributed by atoms with Crippen LogP contribution in [0.1, 0.15) is 11.4 Å². The van der Waals surface area contributed by atoms with Crippen LogP contribution in [0, 0.1) is 19.7 Å². The summed E-state index contributed by atoms with van der Waals surface area (Å²) >= 11 is 9.00. The first kappa shape index (κ1) is 13.2. The fourth-order valence-electron chi connectivity index (χ4n) is 1.53. The quantitative estimate of drug-likeness (QED) is 0.807. The maximum absolute atomic E-state index is 14.1. The molecule has 1 aromatic heterocycles. The second kappa shape index (κ2) is 4.82. The molecule has 0 unspecified atom stereocenters. The van der Waals surface area contributed by atoms with Crippen LogP contribution in [0.15, 0.2) is 16.6 Å². The number of aromatic nitrogens is 2. The lowest BCUT2D eigenvalue weighted by molar-refractivity contribution is 0.630. The van der Waals surface area contributed by atoms with Crippen molar-refractivity contribution in [3.8, 4) is 11.3 Å². The summed E-state index contributed by atoms with van der Waals surface area (Å²) in [6, 6.07) is 3.22. The van der Waals surface area contributed by atoms with Gasteiger partial charge in [0.15, 0.2) is 5.82 Å². The molecular weight excluding hydrogens is 321 g/mol. The first-order valence-electron chi connectivity index (χ1n) is 5.16. The molecular formula is C12H10BrClFN3. The Balaban J connectivity index is 2.70. The molecule has 0 atom stereocenters. The summed E-state index contributed by atoms with van der Waals surface area (Å²) in [4.78, 5) is 8.41. The Morgan fingerprint density at radius 1 is 1.22 bits per heavy atom. The predicted octanol–water partition coefficient (Wildman–Crippen LogP) is 3.90. The molecule has 0 aliphatic heterocycles. The highest BCUT2D eigenvalue weighted by Gasteiger charge is 2.16. The zero-order valence-corrected chi connectivity index (χ0v) is 12.1. The summed E-state index contributed by atoms with van der Waals surface area (Å²) < 4.78 is 14.6. The molecule has 0 radical (unpaired) electrons. The minimum absolute atomic E-state index is 0.00641. The van der Waals surface area contributed by atoms with Gasteiger partial charge in [0.05, 0.1) is 16.4 Å². The van der Waals surface area contributed by atoms with E-state index in [0.717, 1.165) is 5.69 Å². The molecule has 94 valence electrons. The van der Waals surface area contributed by atoms with Crippen molar-refractivity contribution >= 4 is 33.3 Å². The average molecular weight is 331 g/mol. The molecule has 2 N–H and O–H groups in total. The second-order valence-electron chi connectivity index (χ2n) is 3.85. The SMILES string of the molecule is Cc1nc(N)c(-c2ccc(Br)c(Cl)c2F)nc1C. The Morgan fingerprint density at radius 2 is 1.83 bits per heavy atom. The molecule has 0 saturated heterocycles. The fourth-order valence-corrected chi connectivity index (χ4v) is 2.00. The van der Waals surface area contributed by atoms with Gasteiger partial charge in [-0.15, -0.1) is 0 Å². The monoisotopic (exact) mass is 329 g/mol. The first-order valence-corrected chi connectivity index (χ1v) is 6.33. The highest BCUT2D eigenvalue weighted by atomic mass is 79.9. The number of aryl methyl sites for hydroxylation is 2. The van der Waals surface area contributed by atoms with Gasteiger partial charge in [0.25, 0.3) is 0 Å². The van der Waals surface area contributed by atoms with Crippen LogP contribution < -0.4 is 5.73 Å². The van der Waals surface area contributed by atoms with Gasteiger partial charge in [-0.3, -0.25) is 0 Å². The van der Waals surface area contributed by atoms with Crippen LogP contribution in [0.3, 0.4) is 0 Å². The highest BCUT2D eigenvalue weighted by Crippen LogP contribution is 2.34. The van der Waals surface area contributed by atoms with Gasteiger partial charge in [0, 0.05) is 10.0 Å². The van der Waals surface area contributed by atoms with Gasteiger partial charge in [-0.05, 0) is 41.9 Å². The molecule has 18 heavy (non-hydrogen) atoms. The van der Waals surface area contributed by atoms with Crippen molar-refractivity contribution in [3.05, 3.63) is 38.8 Å². The molecule has 1 aromatic carbocycles. The number of nitrogen functional groups attached to an aromatic ring is 1. The van der Waals surface area contributed by atoms with E-state index in [0.29, 0.717) is 15.9 Å². The van der Waals surface area contributed by atoms with E-state index in [1.54, 1.807) is 26.0 Å². The van der Waals surface area contributed by atoms with E-state index in [-0.39, 0.29) is 16.4 Å². The predicted molar refractivity (Wildman–Crippen MR) is 74.0 cm³/mol. The van der Waals surface area contributed by atoms with Crippen LogP contribution in [0.2, 0.25) is 5.02 Å². The minimum Gasteiger partial charge on any atom is -0.382 e. The van der Waals surface area contributed by atoms with Crippen LogP contribution in [0.4, 0.5) is 10.2 Å². The van der Waals surface area contributed by atoms with E-state index >= 15 is 0 Å². The van der Waals surface area contributed by atoms with Gasteiger partial charge in [-0.2, -0.15) is 0 Å². The zero-order chi connectivity index (χ0) is 13.4. The van der Waals surface area contributed by atoms with E-state index in [9.17, 15) is 4.39 Å². The molecule has 6 heteroatoms. The first-order chi connectivity index (χ1) is 8.41. The Hall–Kier alpha value is -1.20. The maximum Gasteiger partial charge on any atom is 0.152 e. The molecule has 2 rings (SSSR count). The van der Waals surface area contributed by atoms with Crippen molar-refractivity contribution in [2.24, 2.45) is 0 Å². The summed E-state index contributed by atoms with van der Waals surface area (Å²) in [5.41, 5.74) is 7.77. The molecule has 0 aliphatic rings. The molecule has 0 amide bonds. The van der Waals surface area contributed by atoms with Crippen molar-refractivity contribution in [2.75, 3.05) is 5.73 Å². The minimum atomic E-state index is -0.560. The van der Waals surface area contributed by atoms with E-state index in [2.05, 4.69) is 25.9 Å². The lowest BCUT2D eigenvalue weighted by Gasteiger charge is -2.10. The molecule has 0 bridgehead atoms. The van der Waals surface area contributed by atoms with E-state index in [1.807, 2.05) is 0 Å². The van der Waals surface area contributed by atoms with Gasteiger partial charge in [0.1, 0.15) is 11.5 Å². The second-order valence-corrected chi connectivity index (χ2v) is 5.08. The van der Waals surface area contributed by atoms with Crippen LogP contribution in [0.25, 0.3) is 11.3 Å². The summed E-state index contributed by atoms with van der Waals surface area (Å²) in [6.45, 7) is 3.59. The van der Waals surface area contributed by atoms with Crippen LogP contribution >= 0.6 is 27.5 Å². The van der Waals surface area contributed by atoms with Gasteiger partial charge >= 0.3 is 0 Å². The maximum atomic E-state index is 14.1. The standard InChI is InChI=1S/C12H10BrClFN3/c1-5-6(2)18-12(16)11(17-5)7-3-4-8(13)9(14)10(7)15/h3-4H,1-2H3,(H2,16,18). The molecule has 0 aliphatic carbocycles. The topological polar surface area (TPSA) is 51.8 Å². The van der Waals surface area contributed by atoms with E-state index in [4.69, 9.17) is 17.3 Å². The number of nitrogens with zero attached hydrogens (tertiary/aromatic N) is 2. The summed E-state index contributed by atoms with van der Waals surface area (Å²) in [5, 5.41) is 0.00641. The third-order valence-corrected chi connectivity index (χ3v) is 3.88. The highest BCUT2D eigenvalue weighted by molar-refractivity contribution is 9.10. The Bertz CT molecular complexity index is 631. The van der Waals surface area contributed by atoms with E-state index < -0.39 is 5.82 Å². The number of halogens is 3. The number of benzene rings is 1. The number of hydrogen-bond acceptors (Lipinski definition) is 3. The lowest BCUT2D eigenvalue weighted by atomic mass is 10.1. The molecule has 3 nitrogen and oxygen atoms in total. The number of rotatable bonds is 1. The van der Waals surface area contributed by atoms with Crippen molar-refractivity contribution in [2.45, 2.75) is 13.8 Å². The Kier molecular flexibility index (Phi) is 3.54. The normalized spacial score (nSPS) is 10.7. The molecule has 0 spiro atoms. The van der Waals surface area contributed by atoms with Crippen LogP contribution in [-0.2, 0) is 0 Å². The van der Waals surface area contributed by atoms with Crippen LogP contribution in [-0.4, -0.2) is 9.97 Å². The Morgan fingerprint density at radius 3 is 2.50 bits per heavy atom. The van der Waals surface area contributed by atoms with Gasteiger partial charge < -0.3 is 5.73 Å². The van der Waals surface area contributed by atoms with Crippen molar-refractivity contribution < 1.29 is 4.39 Å². The van der Waals surface area contributed by atoms with Crippen molar-refractivity contribution in [1.82, 2.24) is 9.97 Å². The van der Waals surface area contributed by atoms with Gasteiger partial charge in [-0.1, -0.05) is 11.6 Å². The average Bonchev–Trinajstić information content (AvgIpc) is 2.32. The largest absolute Gasteiger partial charge is 0.382 e. The fraction of sp³-hybridized carbons (Fsp3) is 0.167. The number of nitrogens with two attached hydrogens (primary N) is 1. The van der Waals surface area contributed by atoms with Crippen molar-refractivity contribution in [3.63, 3.8) is 0 Å². The smallest absolute Gasteiger partial charge is 0.152 e. The zero-order valence-electron chi connectivity index (χ0n) is 9.76. The molecule has 2 aromatic rings. The Labute approximate surface area is 117 Å². The summed E-state index contributed by atoms with van der Waals surface area (Å²) in [7, 11) is 0.